The number of anilines is 1. The second kappa shape index (κ2) is 5.67. The molecule has 20 heavy (non-hydrogen) atoms. The standard InChI is InChI=1S/C15H10N2O3/c16-14-8-7-13(17(19)20)10-12(14)6-9-15(18)11-4-2-1-3-5-11/h1-5,7-8,10H,16H2. The van der Waals surface area contributed by atoms with Crippen molar-refractivity contribution in [3.05, 3.63) is 69.8 Å². The molecule has 2 aromatic rings. The Morgan fingerprint density at radius 1 is 1.15 bits per heavy atom. The highest BCUT2D eigenvalue weighted by Gasteiger charge is 2.08. The summed E-state index contributed by atoms with van der Waals surface area (Å²) >= 11 is 0. The van der Waals surface area contributed by atoms with Crippen LogP contribution in [0.3, 0.4) is 0 Å². The van der Waals surface area contributed by atoms with Crippen molar-refractivity contribution in [3.63, 3.8) is 0 Å². The average Bonchev–Trinajstić information content (AvgIpc) is 2.46. The predicted molar refractivity (Wildman–Crippen MR) is 75.2 cm³/mol. The maximum Gasteiger partial charge on any atom is 0.270 e. The molecule has 5 heteroatoms. The van der Waals surface area contributed by atoms with Crippen molar-refractivity contribution in [2.75, 3.05) is 5.73 Å². The molecule has 0 aliphatic heterocycles. The van der Waals surface area contributed by atoms with E-state index in [-0.39, 0.29) is 17.0 Å². The number of hydrogen-bond acceptors (Lipinski definition) is 4. The molecular weight excluding hydrogens is 256 g/mol. The number of nitro groups is 1. The fraction of sp³-hybridized carbons (Fsp3) is 0. The first-order valence-electron chi connectivity index (χ1n) is 5.73. The van der Waals surface area contributed by atoms with E-state index in [2.05, 4.69) is 11.8 Å². The fourth-order valence-corrected chi connectivity index (χ4v) is 1.55. The number of nitrogens with zero attached hydrogens (tertiary/aromatic N) is 1. The smallest absolute Gasteiger partial charge is 0.270 e. The van der Waals surface area contributed by atoms with Crippen LogP contribution in [0.5, 0.6) is 0 Å². The maximum absolute atomic E-state index is 11.8. The van der Waals surface area contributed by atoms with E-state index in [1.807, 2.05) is 0 Å². The zero-order chi connectivity index (χ0) is 14.5. The molecule has 0 heterocycles. The number of carbonyl (C=O) groups is 1. The van der Waals surface area contributed by atoms with Crippen molar-refractivity contribution < 1.29 is 9.72 Å². The van der Waals surface area contributed by atoms with Crippen molar-refractivity contribution in [1.29, 1.82) is 0 Å². The molecule has 0 saturated carbocycles. The molecule has 0 aliphatic carbocycles. The number of non-ortho nitro benzene ring substituents is 1. The van der Waals surface area contributed by atoms with Crippen molar-refractivity contribution in [3.8, 4) is 11.8 Å². The first-order chi connectivity index (χ1) is 9.58. The summed E-state index contributed by atoms with van der Waals surface area (Å²) in [6.45, 7) is 0. The van der Waals surface area contributed by atoms with E-state index in [0.29, 0.717) is 11.3 Å². The number of Topliss-reactive ketones (excluding diaryl/α,β-unsaturated/α-hetero) is 1. The summed E-state index contributed by atoms with van der Waals surface area (Å²) in [6, 6.07) is 12.5. The van der Waals surface area contributed by atoms with Gasteiger partial charge in [0.25, 0.3) is 5.69 Å². The summed E-state index contributed by atoms with van der Waals surface area (Å²) in [6.07, 6.45) is 0. The van der Waals surface area contributed by atoms with Gasteiger partial charge >= 0.3 is 0 Å². The lowest BCUT2D eigenvalue weighted by molar-refractivity contribution is -0.384. The summed E-state index contributed by atoms with van der Waals surface area (Å²) in [4.78, 5) is 21.9. The number of nitrogen functional groups attached to an aromatic ring is 1. The second-order valence-corrected chi connectivity index (χ2v) is 3.97. The van der Waals surface area contributed by atoms with Gasteiger partial charge in [0, 0.05) is 23.4 Å². The summed E-state index contributed by atoms with van der Waals surface area (Å²) in [5.74, 6) is 4.64. The Labute approximate surface area is 115 Å². The maximum atomic E-state index is 11.8. The number of nitrogens with two attached hydrogens (primary N) is 1. The molecule has 2 N–H and O–H groups in total. The molecule has 0 amide bonds. The van der Waals surface area contributed by atoms with Gasteiger partial charge in [0.05, 0.1) is 10.5 Å². The van der Waals surface area contributed by atoms with E-state index >= 15 is 0 Å². The molecule has 0 spiro atoms. The Morgan fingerprint density at radius 2 is 1.85 bits per heavy atom. The molecule has 98 valence electrons. The molecule has 5 nitrogen and oxygen atoms in total. The highest BCUT2D eigenvalue weighted by molar-refractivity contribution is 6.09. The van der Waals surface area contributed by atoms with Crippen molar-refractivity contribution >= 4 is 17.2 Å². The van der Waals surface area contributed by atoms with Gasteiger partial charge in [-0.2, -0.15) is 0 Å². The molecule has 2 aromatic carbocycles. The Kier molecular flexibility index (Phi) is 3.77. The van der Waals surface area contributed by atoms with Crippen LogP contribution in [-0.2, 0) is 0 Å². The zero-order valence-corrected chi connectivity index (χ0v) is 10.4. The molecule has 0 atom stereocenters. The van der Waals surface area contributed by atoms with Crippen molar-refractivity contribution in [2.24, 2.45) is 0 Å². The topological polar surface area (TPSA) is 86.2 Å². The molecule has 2 rings (SSSR count). The van der Waals surface area contributed by atoms with Gasteiger partial charge in [0.15, 0.2) is 0 Å². The zero-order valence-electron chi connectivity index (χ0n) is 10.4. The number of hydrogen-bond donors (Lipinski definition) is 1. The third kappa shape index (κ3) is 3.00. The first kappa shape index (κ1) is 13.3. The van der Waals surface area contributed by atoms with Crippen LogP contribution in [-0.4, -0.2) is 10.7 Å². The molecule has 0 bridgehead atoms. The molecule has 0 saturated heterocycles. The molecule has 0 fully saturated rings. The summed E-state index contributed by atoms with van der Waals surface area (Å²) in [5, 5.41) is 10.7. The molecular formula is C15H10N2O3. The van der Waals surface area contributed by atoms with Gasteiger partial charge in [-0.05, 0) is 12.0 Å². The minimum Gasteiger partial charge on any atom is -0.398 e. The van der Waals surface area contributed by atoms with Crippen LogP contribution < -0.4 is 5.73 Å². The summed E-state index contributed by atoms with van der Waals surface area (Å²) in [5.41, 5.74) is 6.59. The fourth-order valence-electron chi connectivity index (χ4n) is 1.55. The third-order valence-electron chi connectivity index (χ3n) is 2.59. The van der Waals surface area contributed by atoms with Crippen LogP contribution in [0.1, 0.15) is 15.9 Å². The van der Waals surface area contributed by atoms with Gasteiger partial charge in [-0.1, -0.05) is 36.3 Å². The van der Waals surface area contributed by atoms with Crippen LogP contribution in [0, 0.1) is 22.0 Å². The SMILES string of the molecule is Nc1ccc([N+](=O)[O-])cc1C#CC(=O)c1ccccc1. The summed E-state index contributed by atoms with van der Waals surface area (Å²) in [7, 11) is 0. The van der Waals surface area contributed by atoms with Gasteiger partial charge < -0.3 is 5.73 Å². The number of nitro benzene ring substituents is 1. The predicted octanol–water partition coefficient (Wildman–Crippen LogP) is 2.41. The largest absolute Gasteiger partial charge is 0.398 e. The number of rotatable bonds is 2. The normalized spacial score (nSPS) is 9.40. The quantitative estimate of drug-likeness (QED) is 0.297. The lowest BCUT2D eigenvalue weighted by atomic mass is 10.1. The summed E-state index contributed by atoms with van der Waals surface area (Å²) < 4.78 is 0. The van der Waals surface area contributed by atoms with Crippen LogP contribution in [0.15, 0.2) is 48.5 Å². The highest BCUT2D eigenvalue weighted by Crippen LogP contribution is 2.18. The number of benzene rings is 2. The molecule has 0 radical (unpaired) electrons. The molecule has 0 aliphatic rings. The average molecular weight is 266 g/mol. The van der Waals surface area contributed by atoms with E-state index in [4.69, 9.17) is 5.73 Å². The number of carbonyl (C=O) groups excluding carboxylic acids is 1. The minimum atomic E-state index is -0.538. The van der Waals surface area contributed by atoms with Gasteiger partial charge in [-0.25, -0.2) is 0 Å². The van der Waals surface area contributed by atoms with E-state index in [9.17, 15) is 14.9 Å². The Balaban J connectivity index is 2.31. The number of ketones is 1. The highest BCUT2D eigenvalue weighted by atomic mass is 16.6. The van der Waals surface area contributed by atoms with E-state index in [0.717, 1.165) is 0 Å². The van der Waals surface area contributed by atoms with Gasteiger partial charge in [0.1, 0.15) is 0 Å². The first-order valence-corrected chi connectivity index (χ1v) is 5.73. The third-order valence-corrected chi connectivity index (χ3v) is 2.59. The van der Waals surface area contributed by atoms with Crippen LogP contribution in [0.2, 0.25) is 0 Å². The monoisotopic (exact) mass is 266 g/mol. The van der Waals surface area contributed by atoms with Crippen LogP contribution >= 0.6 is 0 Å². The van der Waals surface area contributed by atoms with E-state index in [1.165, 1.54) is 18.2 Å². The van der Waals surface area contributed by atoms with Crippen molar-refractivity contribution in [1.82, 2.24) is 0 Å². The Bertz CT molecular complexity index is 728. The van der Waals surface area contributed by atoms with Gasteiger partial charge in [-0.3, -0.25) is 14.9 Å². The minimum absolute atomic E-state index is 0.115. The van der Waals surface area contributed by atoms with Gasteiger partial charge in [0.2, 0.25) is 5.78 Å². The van der Waals surface area contributed by atoms with Crippen LogP contribution in [0.25, 0.3) is 0 Å². The van der Waals surface area contributed by atoms with Crippen molar-refractivity contribution in [2.45, 2.75) is 0 Å². The lowest BCUT2D eigenvalue weighted by Gasteiger charge is -1.97. The van der Waals surface area contributed by atoms with Crippen LogP contribution in [0.4, 0.5) is 11.4 Å². The van der Waals surface area contributed by atoms with Gasteiger partial charge in [-0.15, -0.1) is 0 Å². The van der Waals surface area contributed by atoms with E-state index in [1.54, 1.807) is 30.3 Å². The second-order valence-electron chi connectivity index (χ2n) is 3.97. The van der Waals surface area contributed by atoms with E-state index < -0.39 is 4.92 Å². The molecule has 0 unspecified atom stereocenters. The molecule has 0 aromatic heterocycles. The lowest BCUT2D eigenvalue weighted by Crippen LogP contribution is -1.96. The Morgan fingerprint density at radius 3 is 2.50 bits per heavy atom. The Hall–Kier alpha value is -3.13.